The third-order valence-electron chi connectivity index (χ3n) is 4.78. The van der Waals surface area contributed by atoms with Crippen molar-refractivity contribution in [1.29, 1.82) is 0 Å². The minimum Gasteiger partial charge on any atom is -0.494 e. The predicted molar refractivity (Wildman–Crippen MR) is 135 cm³/mol. The summed E-state index contributed by atoms with van der Waals surface area (Å²) in [4.78, 5) is 26.9. The van der Waals surface area contributed by atoms with Crippen LogP contribution in [0.25, 0.3) is 17.1 Å². The average Bonchev–Trinajstić information content (AvgIpc) is 3.33. The molecule has 0 fully saturated rings. The van der Waals surface area contributed by atoms with E-state index >= 15 is 0 Å². The lowest BCUT2D eigenvalue weighted by molar-refractivity contribution is -0.384. The number of nitrogens with zero attached hydrogens (tertiary/aromatic N) is 6. The van der Waals surface area contributed by atoms with E-state index in [-0.39, 0.29) is 17.3 Å². The molecular formula is C24H21N7O4S. The molecule has 2 aromatic heterocycles. The van der Waals surface area contributed by atoms with Gasteiger partial charge in [-0.15, -0.1) is 10.2 Å². The number of pyridine rings is 1. The van der Waals surface area contributed by atoms with Crippen molar-refractivity contribution >= 4 is 29.6 Å². The van der Waals surface area contributed by atoms with Crippen molar-refractivity contribution in [1.82, 2.24) is 25.2 Å². The van der Waals surface area contributed by atoms with Gasteiger partial charge in [0.2, 0.25) is 0 Å². The van der Waals surface area contributed by atoms with Crippen molar-refractivity contribution in [3.05, 3.63) is 88.7 Å². The number of ether oxygens (including phenoxy) is 1. The molecule has 1 amide bonds. The number of rotatable bonds is 10. The molecule has 4 rings (SSSR count). The van der Waals surface area contributed by atoms with Crippen LogP contribution in [0.15, 0.2) is 83.3 Å². The Hall–Kier alpha value is -4.58. The molecule has 0 aliphatic heterocycles. The summed E-state index contributed by atoms with van der Waals surface area (Å²) in [6.45, 7) is 2.48. The largest absolute Gasteiger partial charge is 0.494 e. The second-order valence-electron chi connectivity index (χ2n) is 7.24. The summed E-state index contributed by atoms with van der Waals surface area (Å²) in [6.07, 6.45) is 4.71. The number of nitro groups is 1. The Bertz CT molecular complexity index is 1370. The van der Waals surface area contributed by atoms with Gasteiger partial charge in [0.15, 0.2) is 11.0 Å². The number of nitrogens with one attached hydrogen (secondary N) is 1. The minimum atomic E-state index is -0.493. The zero-order valence-corrected chi connectivity index (χ0v) is 20.0. The van der Waals surface area contributed by atoms with Crippen molar-refractivity contribution in [2.45, 2.75) is 12.1 Å². The molecule has 182 valence electrons. The number of hydrogen-bond donors (Lipinski definition) is 1. The number of hydrazone groups is 1. The molecule has 11 nitrogen and oxygen atoms in total. The lowest BCUT2D eigenvalue weighted by atomic mass is 10.2. The Morgan fingerprint density at radius 2 is 2.03 bits per heavy atom. The summed E-state index contributed by atoms with van der Waals surface area (Å²) in [5.41, 5.74) is 4.44. The van der Waals surface area contributed by atoms with Crippen LogP contribution in [0.5, 0.6) is 5.75 Å². The first kappa shape index (κ1) is 24.5. The number of non-ortho nitro benzene ring substituents is 1. The van der Waals surface area contributed by atoms with Gasteiger partial charge in [-0.05, 0) is 43.3 Å². The van der Waals surface area contributed by atoms with Gasteiger partial charge in [0.1, 0.15) is 5.75 Å². The van der Waals surface area contributed by atoms with E-state index in [9.17, 15) is 14.9 Å². The summed E-state index contributed by atoms with van der Waals surface area (Å²) in [5, 5.41) is 23.9. The van der Waals surface area contributed by atoms with Crippen molar-refractivity contribution < 1.29 is 14.5 Å². The maximum absolute atomic E-state index is 12.4. The van der Waals surface area contributed by atoms with Crippen molar-refractivity contribution in [3.63, 3.8) is 0 Å². The Kier molecular flexibility index (Phi) is 7.98. The normalized spacial score (nSPS) is 10.9. The smallest absolute Gasteiger partial charge is 0.270 e. The van der Waals surface area contributed by atoms with Gasteiger partial charge < -0.3 is 4.74 Å². The monoisotopic (exact) mass is 503 g/mol. The van der Waals surface area contributed by atoms with E-state index in [1.165, 1.54) is 30.1 Å². The van der Waals surface area contributed by atoms with E-state index in [0.717, 1.165) is 17.0 Å². The highest BCUT2D eigenvalue weighted by Crippen LogP contribution is 2.28. The Morgan fingerprint density at radius 3 is 2.75 bits per heavy atom. The molecule has 0 aliphatic rings. The number of hydrogen-bond acceptors (Lipinski definition) is 9. The SMILES string of the molecule is CCOc1ccc(-n2c(SCC(=O)NN=Cc3cccc([N+](=O)[O-])c3)nnc2-c2cccnc2)cc1. The molecule has 0 bridgehead atoms. The zero-order valence-electron chi connectivity index (χ0n) is 19.1. The Labute approximate surface area is 210 Å². The summed E-state index contributed by atoms with van der Waals surface area (Å²) >= 11 is 1.20. The number of thioether (sulfide) groups is 1. The first-order valence-electron chi connectivity index (χ1n) is 10.8. The van der Waals surface area contributed by atoms with E-state index in [4.69, 9.17) is 4.74 Å². The molecule has 1 N–H and O–H groups in total. The highest BCUT2D eigenvalue weighted by atomic mass is 32.2. The molecule has 0 radical (unpaired) electrons. The fraction of sp³-hybridized carbons (Fsp3) is 0.125. The van der Waals surface area contributed by atoms with Gasteiger partial charge in [-0.1, -0.05) is 23.9 Å². The van der Waals surface area contributed by atoms with Crippen LogP contribution in [0.1, 0.15) is 12.5 Å². The molecule has 4 aromatic rings. The number of amides is 1. The van der Waals surface area contributed by atoms with Gasteiger partial charge in [-0.25, -0.2) is 5.43 Å². The van der Waals surface area contributed by atoms with Gasteiger partial charge in [0.25, 0.3) is 11.6 Å². The van der Waals surface area contributed by atoms with Gasteiger partial charge in [-0.3, -0.25) is 24.5 Å². The molecule has 0 spiro atoms. The second-order valence-corrected chi connectivity index (χ2v) is 8.19. The summed E-state index contributed by atoms with van der Waals surface area (Å²) in [5.74, 6) is 0.978. The summed E-state index contributed by atoms with van der Waals surface area (Å²) in [6, 6.07) is 17.1. The van der Waals surface area contributed by atoms with E-state index in [0.29, 0.717) is 23.2 Å². The fourth-order valence-corrected chi connectivity index (χ4v) is 3.94. The first-order valence-corrected chi connectivity index (χ1v) is 11.8. The Balaban J connectivity index is 1.49. The van der Waals surface area contributed by atoms with E-state index in [1.54, 1.807) is 24.5 Å². The number of benzene rings is 2. The average molecular weight is 504 g/mol. The number of aromatic nitrogens is 4. The topological polar surface area (TPSA) is 137 Å². The van der Waals surface area contributed by atoms with E-state index < -0.39 is 4.92 Å². The van der Waals surface area contributed by atoms with Crippen LogP contribution < -0.4 is 10.2 Å². The maximum atomic E-state index is 12.4. The molecule has 36 heavy (non-hydrogen) atoms. The molecular weight excluding hydrogens is 482 g/mol. The lowest BCUT2D eigenvalue weighted by Gasteiger charge is -2.11. The molecule has 2 heterocycles. The standard InChI is InChI=1S/C24H21N7O4S/c1-2-35-21-10-8-19(9-11-21)30-23(18-6-4-12-25-15-18)28-29-24(30)36-16-22(32)27-26-14-17-5-3-7-20(13-17)31(33)34/h3-15H,2,16H2,1H3,(H,27,32). The van der Waals surface area contributed by atoms with Gasteiger partial charge in [-0.2, -0.15) is 5.10 Å². The third-order valence-corrected chi connectivity index (χ3v) is 5.70. The quantitative estimate of drug-likeness (QED) is 0.149. The predicted octanol–water partition coefficient (Wildman–Crippen LogP) is 3.88. The molecule has 0 saturated carbocycles. The van der Waals surface area contributed by atoms with Gasteiger partial charge >= 0.3 is 0 Å². The molecule has 0 aliphatic carbocycles. The third kappa shape index (κ3) is 6.10. The summed E-state index contributed by atoms with van der Waals surface area (Å²) < 4.78 is 7.38. The zero-order chi connectivity index (χ0) is 25.3. The van der Waals surface area contributed by atoms with Crippen molar-refractivity contribution in [3.8, 4) is 22.8 Å². The molecule has 0 atom stereocenters. The van der Waals surface area contributed by atoms with Crippen molar-refractivity contribution in [2.75, 3.05) is 12.4 Å². The summed E-state index contributed by atoms with van der Waals surface area (Å²) in [7, 11) is 0. The van der Waals surface area contributed by atoms with Crippen LogP contribution in [-0.4, -0.2) is 49.2 Å². The number of carbonyl (C=O) groups is 1. The fourth-order valence-electron chi connectivity index (χ4n) is 3.20. The Morgan fingerprint density at radius 1 is 1.19 bits per heavy atom. The first-order chi connectivity index (χ1) is 17.5. The van der Waals surface area contributed by atoms with Crippen LogP contribution in [0, 0.1) is 10.1 Å². The van der Waals surface area contributed by atoms with Crippen LogP contribution in [0.2, 0.25) is 0 Å². The molecule has 12 heteroatoms. The molecule has 0 unspecified atom stereocenters. The molecule has 2 aromatic carbocycles. The van der Waals surface area contributed by atoms with Crippen LogP contribution >= 0.6 is 11.8 Å². The van der Waals surface area contributed by atoms with Crippen LogP contribution in [0.3, 0.4) is 0 Å². The lowest BCUT2D eigenvalue weighted by Crippen LogP contribution is -2.20. The molecule has 0 saturated heterocycles. The van der Waals surface area contributed by atoms with E-state index in [2.05, 4.69) is 25.7 Å². The highest BCUT2D eigenvalue weighted by molar-refractivity contribution is 7.99. The van der Waals surface area contributed by atoms with E-state index in [1.807, 2.05) is 47.9 Å². The van der Waals surface area contributed by atoms with Crippen LogP contribution in [0.4, 0.5) is 5.69 Å². The number of carbonyl (C=O) groups excluding carboxylic acids is 1. The second kappa shape index (κ2) is 11.7. The minimum absolute atomic E-state index is 0.0223. The maximum Gasteiger partial charge on any atom is 0.270 e. The number of nitro benzene ring substituents is 1. The van der Waals surface area contributed by atoms with Crippen LogP contribution in [-0.2, 0) is 4.79 Å². The van der Waals surface area contributed by atoms with Gasteiger partial charge in [0.05, 0.1) is 23.5 Å². The highest BCUT2D eigenvalue weighted by Gasteiger charge is 2.17. The van der Waals surface area contributed by atoms with Crippen molar-refractivity contribution in [2.24, 2.45) is 5.10 Å². The van der Waals surface area contributed by atoms with Gasteiger partial charge in [0, 0.05) is 41.3 Å².